The number of nitrogens with one attached hydrogen (secondary N) is 1. The van der Waals surface area contributed by atoms with Gasteiger partial charge in [0.05, 0.1) is 13.0 Å². The second-order valence-electron chi connectivity index (χ2n) is 4.40. The van der Waals surface area contributed by atoms with Crippen molar-refractivity contribution in [1.29, 1.82) is 0 Å². The van der Waals surface area contributed by atoms with Crippen LogP contribution in [-0.4, -0.2) is 19.1 Å². The van der Waals surface area contributed by atoms with Gasteiger partial charge in [0, 0.05) is 12.1 Å². The highest BCUT2D eigenvalue weighted by molar-refractivity contribution is 5.72. The van der Waals surface area contributed by atoms with Crippen LogP contribution in [0.5, 0.6) is 0 Å². The molecule has 0 aliphatic rings. The zero-order valence-corrected chi connectivity index (χ0v) is 10.9. The SMILES string of the molecule is COC(=O)C(C)C(C)N[C@H](C)c1ccccc1. The van der Waals surface area contributed by atoms with Crippen molar-refractivity contribution in [2.45, 2.75) is 32.9 Å². The Labute approximate surface area is 103 Å². The molecule has 0 heterocycles. The lowest BCUT2D eigenvalue weighted by Gasteiger charge is -2.24. The quantitative estimate of drug-likeness (QED) is 0.797. The van der Waals surface area contributed by atoms with Gasteiger partial charge >= 0.3 is 5.97 Å². The van der Waals surface area contributed by atoms with Crippen LogP contribution in [0.2, 0.25) is 0 Å². The normalized spacial score (nSPS) is 16.0. The molecule has 0 saturated carbocycles. The van der Waals surface area contributed by atoms with Crippen LogP contribution in [0.15, 0.2) is 30.3 Å². The van der Waals surface area contributed by atoms with Gasteiger partial charge in [0.2, 0.25) is 0 Å². The summed E-state index contributed by atoms with van der Waals surface area (Å²) in [6, 6.07) is 10.5. The molecule has 0 radical (unpaired) electrons. The monoisotopic (exact) mass is 235 g/mol. The number of ether oxygens (including phenoxy) is 1. The van der Waals surface area contributed by atoms with Crippen LogP contribution in [0.4, 0.5) is 0 Å². The highest BCUT2D eigenvalue weighted by atomic mass is 16.5. The van der Waals surface area contributed by atoms with Gasteiger partial charge in [-0.1, -0.05) is 37.3 Å². The number of benzene rings is 1. The van der Waals surface area contributed by atoms with Crippen molar-refractivity contribution in [1.82, 2.24) is 5.32 Å². The predicted molar refractivity (Wildman–Crippen MR) is 68.6 cm³/mol. The average molecular weight is 235 g/mol. The lowest BCUT2D eigenvalue weighted by molar-refractivity contribution is -0.145. The van der Waals surface area contributed by atoms with Crippen molar-refractivity contribution >= 4 is 5.97 Å². The third-order valence-electron chi connectivity index (χ3n) is 3.14. The number of carbonyl (C=O) groups excluding carboxylic acids is 1. The smallest absolute Gasteiger partial charge is 0.309 e. The lowest BCUT2D eigenvalue weighted by Crippen LogP contribution is -2.38. The van der Waals surface area contributed by atoms with Crippen LogP contribution in [-0.2, 0) is 9.53 Å². The van der Waals surface area contributed by atoms with Crippen LogP contribution < -0.4 is 5.32 Å². The Morgan fingerprint density at radius 3 is 2.29 bits per heavy atom. The van der Waals surface area contributed by atoms with E-state index in [4.69, 9.17) is 4.74 Å². The number of hydrogen-bond donors (Lipinski definition) is 1. The number of carbonyl (C=O) groups is 1. The molecule has 0 fully saturated rings. The van der Waals surface area contributed by atoms with E-state index in [-0.39, 0.29) is 24.0 Å². The fraction of sp³-hybridized carbons (Fsp3) is 0.500. The highest BCUT2D eigenvalue weighted by Gasteiger charge is 2.22. The van der Waals surface area contributed by atoms with Gasteiger partial charge in [-0.25, -0.2) is 0 Å². The Morgan fingerprint density at radius 1 is 1.18 bits per heavy atom. The maximum Gasteiger partial charge on any atom is 0.309 e. The Morgan fingerprint density at radius 2 is 1.76 bits per heavy atom. The summed E-state index contributed by atoms with van der Waals surface area (Å²) in [5, 5.41) is 3.41. The summed E-state index contributed by atoms with van der Waals surface area (Å²) in [4.78, 5) is 11.4. The molecule has 0 aliphatic heterocycles. The molecule has 0 amide bonds. The Balaban J connectivity index is 2.57. The molecule has 1 N–H and O–H groups in total. The molecule has 0 aliphatic carbocycles. The van der Waals surface area contributed by atoms with Crippen molar-refractivity contribution in [3.8, 4) is 0 Å². The van der Waals surface area contributed by atoms with E-state index in [1.807, 2.05) is 32.0 Å². The van der Waals surface area contributed by atoms with Crippen LogP contribution in [0.25, 0.3) is 0 Å². The predicted octanol–water partition coefficient (Wildman–Crippen LogP) is 2.53. The zero-order valence-electron chi connectivity index (χ0n) is 10.9. The summed E-state index contributed by atoms with van der Waals surface area (Å²) in [5.74, 6) is -0.323. The maximum absolute atomic E-state index is 11.4. The van der Waals surface area contributed by atoms with Crippen LogP contribution in [0.3, 0.4) is 0 Å². The molecule has 3 nitrogen and oxygen atoms in total. The van der Waals surface area contributed by atoms with Gasteiger partial charge in [0.15, 0.2) is 0 Å². The van der Waals surface area contributed by atoms with Gasteiger partial charge in [-0.15, -0.1) is 0 Å². The van der Waals surface area contributed by atoms with Crippen molar-refractivity contribution < 1.29 is 9.53 Å². The molecule has 2 unspecified atom stereocenters. The fourth-order valence-corrected chi connectivity index (χ4v) is 1.77. The van der Waals surface area contributed by atoms with E-state index in [1.54, 1.807) is 0 Å². The summed E-state index contributed by atoms with van der Waals surface area (Å²) < 4.78 is 4.74. The minimum Gasteiger partial charge on any atom is -0.469 e. The van der Waals surface area contributed by atoms with E-state index in [2.05, 4.69) is 24.4 Å². The molecule has 0 aromatic heterocycles. The summed E-state index contributed by atoms with van der Waals surface area (Å²) in [7, 11) is 1.42. The second kappa shape index (κ2) is 6.40. The van der Waals surface area contributed by atoms with E-state index in [0.717, 1.165) is 0 Å². The fourth-order valence-electron chi connectivity index (χ4n) is 1.77. The number of esters is 1. The first kappa shape index (κ1) is 13.7. The average Bonchev–Trinajstić information content (AvgIpc) is 2.37. The summed E-state index contributed by atoms with van der Waals surface area (Å²) in [6.07, 6.45) is 0. The second-order valence-corrected chi connectivity index (χ2v) is 4.40. The van der Waals surface area contributed by atoms with Crippen molar-refractivity contribution in [2.75, 3.05) is 7.11 Å². The van der Waals surface area contributed by atoms with Gasteiger partial charge in [0.25, 0.3) is 0 Å². The third kappa shape index (κ3) is 3.86. The molecule has 1 aromatic carbocycles. The molecule has 3 atom stereocenters. The summed E-state index contributed by atoms with van der Waals surface area (Å²) in [6.45, 7) is 5.97. The Kier molecular flexibility index (Phi) is 5.16. The molecule has 0 spiro atoms. The van der Waals surface area contributed by atoms with Gasteiger partial charge in [0.1, 0.15) is 0 Å². The third-order valence-corrected chi connectivity index (χ3v) is 3.14. The van der Waals surface area contributed by atoms with Crippen molar-refractivity contribution in [3.05, 3.63) is 35.9 Å². The number of hydrogen-bond acceptors (Lipinski definition) is 3. The molecule has 1 rings (SSSR count). The number of rotatable bonds is 5. The lowest BCUT2D eigenvalue weighted by atomic mass is 10.0. The first-order chi connectivity index (χ1) is 8.06. The maximum atomic E-state index is 11.4. The van der Waals surface area contributed by atoms with E-state index in [0.29, 0.717) is 0 Å². The Bertz CT molecular complexity index is 350. The van der Waals surface area contributed by atoms with Crippen LogP contribution >= 0.6 is 0 Å². The molecule has 0 bridgehead atoms. The first-order valence-corrected chi connectivity index (χ1v) is 5.95. The minimum atomic E-state index is -0.176. The van der Waals surface area contributed by atoms with E-state index in [1.165, 1.54) is 12.7 Å². The molecular formula is C14H21NO2. The molecule has 3 heteroatoms. The minimum absolute atomic E-state index is 0.0812. The van der Waals surface area contributed by atoms with Crippen molar-refractivity contribution in [3.63, 3.8) is 0 Å². The van der Waals surface area contributed by atoms with Gasteiger partial charge in [-0.3, -0.25) is 4.79 Å². The van der Waals surface area contributed by atoms with E-state index < -0.39 is 0 Å². The summed E-state index contributed by atoms with van der Waals surface area (Å²) >= 11 is 0. The standard InChI is InChI=1S/C14H21NO2/c1-10(14(16)17-4)11(2)15-12(3)13-8-6-5-7-9-13/h5-12,15H,1-4H3/t10?,11?,12-/m1/s1. The number of methoxy groups -OCH3 is 1. The largest absolute Gasteiger partial charge is 0.469 e. The molecule has 17 heavy (non-hydrogen) atoms. The van der Waals surface area contributed by atoms with Crippen LogP contribution in [0.1, 0.15) is 32.4 Å². The van der Waals surface area contributed by atoms with Gasteiger partial charge < -0.3 is 10.1 Å². The molecule has 0 saturated heterocycles. The molecular weight excluding hydrogens is 214 g/mol. The Hall–Kier alpha value is -1.35. The van der Waals surface area contributed by atoms with Gasteiger partial charge in [-0.05, 0) is 19.4 Å². The highest BCUT2D eigenvalue weighted by Crippen LogP contribution is 2.15. The first-order valence-electron chi connectivity index (χ1n) is 5.95. The molecule has 94 valence electrons. The molecule has 1 aromatic rings. The van der Waals surface area contributed by atoms with E-state index in [9.17, 15) is 4.79 Å². The zero-order chi connectivity index (χ0) is 12.8. The summed E-state index contributed by atoms with van der Waals surface area (Å²) in [5.41, 5.74) is 1.22. The topological polar surface area (TPSA) is 38.3 Å². The van der Waals surface area contributed by atoms with Gasteiger partial charge in [-0.2, -0.15) is 0 Å². The van der Waals surface area contributed by atoms with Crippen molar-refractivity contribution in [2.24, 2.45) is 5.92 Å². The van der Waals surface area contributed by atoms with Crippen LogP contribution in [0, 0.1) is 5.92 Å². The van der Waals surface area contributed by atoms with E-state index >= 15 is 0 Å².